The SMILES string of the molecule is CCCCCCCOc1ccc(C2(O)CCNCC2)cc1. The number of nitrogens with one attached hydrogen (secondary N) is 1. The van der Waals surface area contributed by atoms with Crippen LogP contribution >= 0.6 is 0 Å². The van der Waals surface area contributed by atoms with Crippen molar-refractivity contribution in [2.75, 3.05) is 19.7 Å². The van der Waals surface area contributed by atoms with E-state index in [4.69, 9.17) is 4.74 Å². The van der Waals surface area contributed by atoms with Crippen molar-refractivity contribution in [3.05, 3.63) is 29.8 Å². The molecule has 118 valence electrons. The van der Waals surface area contributed by atoms with E-state index >= 15 is 0 Å². The average Bonchev–Trinajstić information content (AvgIpc) is 2.52. The smallest absolute Gasteiger partial charge is 0.119 e. The van der Waals surface area contributed by atoms with Crippen molar-refractivity contribution in [3.8, 4) is 5.75 Å². The van der Waals surface area contributed by atoms with Gasteiger partial charge in [0, 0.05) is 0 Å². The van der Waals surface area contributed by atoms with Crippen LogP contribution in [0.3, 0.4) is 0 Å². The molecule has 0 atom stereocenters. The van der Waals surface area contributed by atoms with E-state index in [1.165, 1.54) is 25.7 Å². The minimum absolute atomic E-state index is 0.663. The summed E-state index contributed by atoms with van der Waals surface area (Å²) in [5.74, 6) is 0.909. The third-order valence-electron chi connectivity index (χ3n) is 4.34. The number of hydrogen-bond donors (Lipinski definition) is 2. The van der Waals surface area contributed by atoms with Crippen molar-refractivity contribution in [1.29, 1.82) is 0 Å². The molecule has 0 saturated carbocycles. The first-order valence-corrected chi connectivity index (χ1v) is 8.41. The predicted molar refractivity (Wildman–Crippen MR) is 86.7 cm³/mol. The zero-order chi connectivity index (χ0) is 15.0. The Balaban J connectivity index is 1.76. The van der Waals surface area contributed by atoms with Gasteiger partial charge in [0.2, 0.25) is 0 Å². The van der Waals surface area contributed by atoms with Gasteiger partial charge in [0.15, 0.2) is 0 Å². The van der Waals surface area contributed by atoms with Crippen molar-refractivity contribution >= 4 is 0 Å². The van der Waals surface area contributed by atoms with Crippen molar-refractivity contribution in [1.82, 2.24) is 5.32 Å². The van der Waals surface area contributed by atoms with E-state index in [1.807, 2.05) is 24.3 Å². The second kappa shape index (κ2) is 8.40. The normalized spacial score (nSPS) is 17.6. The molecule has 3 heteroatoms. The van der Waals surface area contributed by atoms with Crippen molar-refractivity contribution < 1.29 is 9.84 Å². The Hall–Kier alpha value is -1.06. The molecule has 0 aliphatic carbocycles. The monoisotopic (exact) mass is 291 g/mol. The van der Waals surface area contributed by atoms with Crippen LogP contribution in [0.1, 0.15) is 57.4 Å². The molecule has 0 aromatic heterocycles. The van der Waals surface area contributed by atoms with Gasteiger partial charge in [-0.15, -0.1) is 0 Å². The number of piperidine rings is 1. The average molecular weight is 291 g/mol. The van der Waals surface area contributed by atoms with Gasteiger partial charge in [-0.25, -0.2) is 0 Å². The van der Waals surface area contributed by atoms with E-state index in [2.05, 4.69) is 12.2 Å². The summed E-state index contributed by atoms with van der Waals surface area (Å²) in [5.41, 5.74) is 0.350. The second-order valence-electron chi connectivity index (χ2n) is 6.07. The Morgan fingerprint density at radius 1 is 1.05 bits per heavy atom. The molecule has 1 fully saturated rings. The fourth-order valence-corrected chi connectivity index (χ4v) is 2.89. The molecule has 21 heavy (non-hydrogen) atoms. The number of rotatable bonds is 8. The zero-order valence-corrected chi connectivity index (χ0v) is 13.2. The molecule has 1 saturated heterocycles. The molecule has 1 heterocycles. The molecule has 1 aliphatic heterocycles. The summed E-state index contributed by atoms with van der Waals surface area (Å²) < 4.78 is 5.77. The molecule has 0 unspecified atom stereocenters. The fourth-order valence-electron chi connectivity index (χ4n) is 2.89. The van der Waals surface area contributed by atoms with Crippen LogP contribution in [-0.4, -0.2) is 24.8 Å². The van der Waals surface area contributed by atoms with E-state index in [0.29, 0.717) is 0 Å². The lowest BCUT2D eigenvalue weighted by atomic mass is 9.85. The van der Waals surface area contributed by atoms with Crippen molar-refractivity contribution in [2.45, 2.75) is 57.5 Å². The molecular weight excluding hydrogens is 262 g/mol. The largest absolute Gasteiger partial charge is 0.494 e. The predicted octanol–water partition coefficient (Wildman–Crippen LogP) is 3.61. The van der Waals surface area contributed by atoms with Crippen LogP contribution < -0.4 is 10.1 Å². The first-order valence-electron chi connectivity index (χ1n) is 8.41. The van der Waals surface area contributed by atoms with Gasteiger partial charge in [-0.3, -0.25) is 0 Å². The van der Waals surface area contributed by atoms with Gasteiger partial charge >= 0.3 is 0 Å². The highest BCUT2D eigenvalue weighted by molar-refractivity contribution is 5.31. The van der Waals surface area contributed by atoms with E-state index < -0.39 is 5.60 Å². The maximum Gasteiger partial charge on any atom is 0.119 e. The van der Waals surface area contributed by atoms with E-state index in [0.717, 1.165) is 50.3 Å². The fraction of sp³-hybridized carbons (Fsp3) is 0.667. The molecule has 2 rings (SSSR count). The van der Waals surface area contributed by atoms with Gasteiger partial charge in [-0.2, -0.15) is 0 Å². The van der Waals surface area contributed by atoms with Crippen molar-refractivity contribution in [2.24, 2.45) is 0 Å². The molecule has 1 aromatic rings. The van der Waals surface area contributed by atoms with Crippen LogP contribution in [0.5, 0.6) is 5.75 Å². The summed E-state index contributed by atoms with van der Waals surface area (Å²) in [5, 5.41) is 13.9. The molecule has 2 N–H and O–H groups in total. The molecule has 1 aromatic carbocycles. The second-order valence-corrected chi connectivity index (χ2v) is 6.07. The molecular formula is C18H29NO2. The number of benzene rings is 1. The third kappa shape index (κ3) is 5.01. The van der Waals surface area contributed by atoms with Gasteiger partial charge in [0.1, 0.15) is 5.75 Å². The number of unbranched alkanes of at least 4 members (excludes halogenated alkanes) is 4. The Kier molecular flexibility index (Phi) is 6.52. The number of aliphatic hydroxyl groups is 1. The standard InChI is InChI=1S/C18H29NO2/c1-2-3-4-5-6-15-21-17-9-7-16(8-10-17)18(20)11-13-19-14-12-18/h7-10,19-20H,2-6,11-15H2,1H3. The summed E-state index contributed by atoms with van der Waals surface area (Å²) >= 11 is 0. The molecule has 0 amide bonds. The summed E-state index contributed by atoms with van der Waals surface area (Å²) in [6, 6.07) is 8.00. The van der Waals surface area contributed by atoms with Crippen LogP contribution in [-0.2, 0) is 5.60 Å². The van der Waals surface area contributed by atoms with Crippen LogP contribution in [0.4, 0.5) is 0 Å². The van der Waals surface area contributed by atoms with Crippen LogP contribution in [0.15, 0.2) is 24.3 Å². The third-order valence-corrected chi connectivity index (χ3v) is 4.34. The minimum atomic E-state index is -0.663. The van der Waals surface area contributed by atoms with Crippen LogP contribution in [0.25, 0.3) is 0 Å². The van der Waals surface area contributed by atoms with Gasteiger partial charge in [-0.1, -0.05) is 44.7 Å². The maximum atomic E-state index is 10.6. The van der Waals surface area contributed by atoms with Gasteiger partial charge in [-0.05, 0) is 50.0 Å². The summed E-state index contributed by atoms with van der Waals surface area (Å²) in [7, 11) is 0. The Bertz CT molecular complexity index is 396. The van der Waals surface area contributed by atoms with Gasteiger partial charge < -0.3 is 15.2 Å². The summed E-state index contributed by atoms with van der Waals surface area (Å²) in [6.45, 7) is 4.78. The van der Waals surface area contributed by atoms with E-state index in [-0.39, 0.29) is 0 Å². The molecule has 3 nitrogen and oxygen atoms in total. The highest BCUT2D eigenvalue weighted by Gasteiger charge is 2.30. The molecule has 0 radical (unpaired) electrons. The van der Waals surface area contributed by atoms with Crippen LogP contribution in [0.2, 0.25) is 0 Å². The molecule has 0 bridgehead atoms. The zero-order valence-electron chi connectivity index (χ0n) is 13.2. The van der Waals surface area contributed by atoms with E-state index in [9.17, 15) is 5.11 Å². The quantitative estimate of drug-likeness (QED) is 0.719. The summed E-state index contributed by atoms with van der Waals surface area (Å²) in [6.07, 6.45) is 7.84. The lowest BCUT2D eigenvalue weighted by molar-refractivity contribution is 0.00590. The highest BCUT2D eigenvalue weighted by Crippen LogP contribution is 2.31. The first kappa shape index (κ1) is 16.3. The lowest BCUT2D eigenvalue weighted by Gasteiger charge is -2.33. The Morgan fingerprint density at radius 3 is 2.38 bits per heavy atom. The van der Waals surface area contributed by atoms with Gasteiger partial charge in [0.25, 0.3) is 0 Å². The Morgan fingerprint density at radius 2 is 1.71 bits per heavy atom. The Labute approximate surface area is 128 Å². The van der Waals surface area contributed by atoms with Crippen LogP contribution in [0, 0.1) is 0 Å². The number of hydrogen-bond acceptors (Lipinski definition) is 3. The minimum Gasteiger partial charge on any atom is -0.494 e. The molecule has 1 aliphatic rings. The topological polar surface area (TPSA) is 41.5 Å². The van der Waals surface area contributed by atoms with Crippen molar-refractivity contribution in [3.63, 3.8) is 0 Å². The molecule has 0 spiro atoms. The summed E-state index contributed by atoms with van der Waals surface area (Å²) in [4.78, 5) is 0. The lowest BCUT2D eigenvalue weighted by Crippen LogP contribution is -2.39. The highest BCUT2D eigenvalue weighted by atomic mass is 16.5. The number of ether oxygens (including phenoxy) is 1. The first-order chi connectivity index (χ1) is 10.2. The van der Waals surface area contributed by atoms with Gasteiger partial charge in [0.05, 0.1) is 12.2 Å². The van der Waals surface area contributed by atoms with E-state index in [1.54, 1.807) is 0 Å². The maximum absolute atomic E-state index is 10.6.